The van der Waals surface area contributed by atoms with E-state index in [1.165, 1.54) is 0 Å². The largest absolute Gasteiger partial charge is 0.391 e. The Morgan fingerprint density at radius 1 is 1.40 bits per heavy atom. The maximum absolute atomic E-state index is 11.8. The lowest BCUT2D eigenvalue weighted by molar-refractivity contribution is -0.121. The molecule has 1 rings (SSSR count). The molecular weight excluding hydrogens is 272 g/mol. The van der Waals surface area contributed by atoms with Gasteiger partial charge in [-0.25, -0.2) is 4.98 Å². The van der Waals surface area contributed by atoms with Gasteiger partial charge in [0.2, 0.25) is 5.91 Å². The average Bonchev–Trinajstić information content (AvgIpc) is 2.86. The zero-order valence-electron chi connectivity index (χ0n) is 12.8. The topological polar surface area (TPSA) is 62.2 Å². The van der Waals surface area contributed by atoms with Gasteiger partial charge < -0.3 is 10.4 Å². The van der Waals surface area contributed by atoms with Gasteiger partial charge in [-0.15, -0.1) is 11.3 Å². The Morgan fingerprint density at radius 2 is 2.05 bits per heavy atom. The number of nitrogens with one attached hydrogen (secondary N) is 1. The van der Waals surface area contributed by atoms with Gasteiger partial charge >= 0.3 is 0 Å². The monoisotopic (exact) mass is 298 g/mol. The van der Waals surface area contributed by atoms with E-state index in [-0.39, 0.29) is 11.8 Å². The number of carbonyl (C=O) groups excluding carboxylic acids is 1. The van der Waals surface area contributed by atoms with Crippen molar-refractivity contribution in [3.63, 3.8) is 0 Å². The lowest BCUT2D eigenvalue weighted by Crippen LogP contribution is -2.36. The number of thiazole rings is 1. The minimum atomic E-state index is -0.462. The van der Waals surface area contributed by atoms with E-state index in [0.29, 0.717) is 18.9 Å². The molecule has 0 aliphatic rings. The van der Waals surface area contributed by atoms with Crippen LogP contribution in [0.25, 0.3) is 0 Å². The quantitative estimate of drug-likeness (QED) is 0.775. The molecule has 0 radical (unpaired) electrons. The summed E-state index contributed by atoms with van der Waals surface area (Å²) in [4.78, 5) is 16.3. The molecule has 0 spiro atoms. The highest BCUT2D eigenvalue weighted by atomic mass is 32.1. The zero-order chi connectivity index (χ0) is 15.1. The molecule has 114 valence electrons. The summed E-state index contributed by atoms with van der Waals surface area (Å²) >= 11 is 1.60. The van der Waals surface area contributed by atoms with Crippen LogP contribution in [0.4, 0.5) is 0 Å². The van der Waals surface area contributed by atoms with Crippen LogP contribution in [-0.2, 0) is 11.2 Å². The first-order valence-electron chi connectivity index (χ1n) is 7.36. The van der Waals surface area contributed by atoms with E-state index in [1.807, 2.05) is 5.38 Å². The van der Waals surface area contributed by atoms with Crippen LogP contribution in [0, 0.1) is 5.92 Å². The Bertz CT molecular complexity index is 414. The van der Waals surface area contributed by atoms with Crippen LogP contribution < -0.4 is 5.32 Å². The Labute approximate surface area is 125 Å². The van der Waals surface area contributed by atoms with Gasteiger partial charge in [0, 0.05) is 17.8 Å². The minimum Gasteiger partial charge on any atom is -0.391 e. The smallest absolute Gasteiger partial charge is 0.226 e. The number of aliphatic hydroxyl groups is 1. The highest BCUT2D eigenvalue weighted by Gasteiger charge is 2.16. The van der Waals surface area contributed by atoms with Crippen molar-refractivity contribution in [3.05, 3.63) is 16.1 Å². The molecule has 1 heterocycles. The minimum absolute atomic E-state index is 0.0735. The lowest BCUT2D eigenvalue weighted by Gasteiger charge is -2.20. The van der Waals surface area contributed by atoms with Gasteiger partial charge in [0.1, 0.15) is 0 Å². The third-order valence-corrected chi connectivity index (χ3v) is 4.70. The molecule has 0 fully saturated rings. The van der Waals surface area contributed by atoms with Crippen LogP contribution in [0.15, 0.2) is 5.38 Å². The Hall–Kier alpha value is -0.940. The molecule has 0 saturated heterocycles. The number of hydrogen-bond donors (Lipinski definition) is 2. The number of aromatic nitrogens is 1. The van der Waals surface area contributed by atoms with Crippen molar-refractivity contribution in [2.75, 3.05) is 6.54 Å². The molecule has 1 aromatic rings. The molecule has 0 saturated carbocycles. The molecule has 1 aromatic heterocycles. The van der Waals surface area contributed by atoms with E-state index >= 15 is 0 Å². The maximum atomic E-state index is 11.8. The third kappa shape index (κ3) is 5.21. The molecule has 0 aliphatic carbocycles. The lowest BCUT2D eigenvalue weighted by atomic mass is 9.96. The van der Waals surface area contributed by atoms with Crippen molar-refractivity contribution in [1.82, 2.24) is 10.3 Å². The molecule has 1 atom stereocenters. The Morgan fingerprint density at radius 3 is 2.55 bits per heavy atom. The number of hydrogen-bond acceptors (Lipinski definition) is 4. The maximum Gasteiger partial charge on any atom is 0.226 e. The fourth-order valence-electron chi connectivity index (χ4n) is 2.11. The predicted octanol–water partition coefficient (Wildman–Crippen LogP) is 2.72. The van der Waals surface area contributed by atoms with E-state index in [2.05, 4.69) is 38.0 Å². The molecule has 4 nitrogen and oxygen atoms in total. The first kappa shape index (κ1) is 17.1. The molecule has 0 bridgehead atoms. The fraction of sp³-hybridized carbons (Fsp3) is 0.733. The number of rotatable bonds is 8. The number of aliphatic hydroxyl groups excluding tert-OH is 1. The van der Waals surface area contributed by atoms with Crippen LogP contribution in [0.5, 0.6) is 0 Å². The fourth-order valence-corrected chi connectivity index (χ4v) is 2.95. The highest BCUT2D eigenvalue weighted by molar-refractivity contribution is 7.09. The van der Waals surface area contributed by atoms with Crippen molar-refractivity contribution in [3.8, 4) is 0 Å². The summed E-state index contributed by atoms with van der Waals surface area (Å²) in [6.45, 7) is 8.62. The third-order valence-electron chi connectivity index (χ3n) is 3.51. The summed E-state index contributed by atoms with van der Waals surface area (Å²) in [7, 11) is 0. The summed E-state index contributed by atoms with van der Waals surface area (Å²) in [6, 6.07) is 0. The molecule has 0 aliphatic heterocycles. The zero-order valence-corrected chi connectivity index (χ0v) is 13.7. The predicted molar refractivity (Wildman–Crippen MR) is 83.0 cm³/mol. The van der Waals surface area contributed by atoms with E-state index in [1.54, 1.807) is 11.3 Å². The Balaban J connectivity index is 2.39. The van der Waals surface area contributed by atoms with Crippen molar-refractivity contribution in [1.29, 1.82) is 0 Å². The van der Waals surface area contributed by atoms with Crippen molar-refractivity contribution in [2.24, 2.45) is 5.92 Å². The first-order chi connectivity index (χ1) is 9.47. The second-order valence-electron chi connectivity index (χ2n) is 5.46. The van der Waals surface area contributed by atoms with Crippen LogP contribution in [0.1, 0.15) is 57.2 Å². The second kappa shape index (κ2) is 8.37. The summed E-state index contributed by atoms with van der Waals surface area (Å²) in [5, 5.41) is 15.8. The SMILES string of the molecule is CCC(CC)C(O)CNC(=O)Cc1csc(C(C)C)n1. The van der Waals surface area contributed by atoms with Gasteiger partial charge in [0.25, 0.3) is 0 Å². The number of nitrogens with zero attached hydrogens (tertiary/aromatic N) is 1. The summed E-state index contributed by atoms with van der Waals surface area (Å²) in [5.41, 5.74) is 0.813. The van der Waals surface area contributed by atoms with Gasteiger partial charge in [-0.05, 0) is 5.92 Å². The van der Waals surface area contributed by atoms with Gasteiger partial charge in [0.05, 0.1) is 23.2 Å². The molecule has 2 N–H and O–H groups in total. The first-order valence-corrected chi connectivity index (χ1v) is 8.24. The number of carbonyl (C=O) groups is 1. The molecule has 1 unspecified atom stereocenters. The van der Waals surface area contributed by atoms with E-state index < -0.39 is 6.10 Å². The Kier molecular flexibility index (Phi) is 7.16. The van der Waals surface area contributed by atoms with E-state index in [0.717, 1.165) is 23.5 Å². The molecule has 1 amide bonds. The molecule has 5 heteroatoms. The second-order valence-corrected chi connectivity index (χ2v) is 6.35. The van der Waals surface area contributed by atoms with Crippen molar-refractivity contribution >= 4 is 17.2 Å². The molecule has 0 aromatic carbocycles. The number of amides is 1. The van der Waals surface area contributed by atoms with Crippen LogP contribution >= 0.6 is 11.3 Å². The van der Waals surface area contributed by atoms with Crippen molar-refractivity contribution in [2.45, 2.75) is 59.0 Å². The van der Waals surface area contributed by atoms with Crippen LogP contribution in [0.2, 0.25) is 0 Å². The van der Waals surface area contributed by atoms with Gasteiger partial charge in [-0.1, -0.05) is 40.5 Å². The normalized spacial score (nSPS) is 12.9. The molecular formula is C15H26N2O2S. The standard InChI is InChI=1S/C15H26N2O2S/c1-5-11(6-2)13(18)8-16-14(19)7-12-9-20-15(17-12)10(3)4/h9-11,13,18H,5-8H2,1-4H3,(H,16,19). The molecule has 20 heavy (non-hydrogen) atoms. The summed E-state index contributed by atoms with van der Waals surface area (Å²) in [5.74, 6) is 0.575. The van der Waals surface area contributed by atoms with Crippen molar-refractivity contribution < 1.29 is 9.90 Å². The van der Waals surface area contributed by atoms with Gasteiger partial charge in [-0.2, -0.15) is 0 Å². The van der Waals surface area contributed by atoms with Gasteiger partial charge in [-0.3, -0.25) is 4.79 Å². The van der Waals surface area contributed by atoms with E-state index in [9.17, 15) is 9.90 Å². The van der Waals surface area contributed by atoms with E-state index in [4.69, 9.17) is 0 Å². The summed E-state index contributed by atoms with van der Waals surface area (Å²) in [6.07, 6.45) is 1.68. The average molecular weight is 298 g/mol. The highest BCUT2D eigenvalue weighted by Crippen LogP contribution is 2.19. The van der Waals surface area contributed by atoms with Crippen LogP contribution in [0.3, 0.4) is 0 Å². The summed E-state index contributed by atoms with van der Waals surface area (Å²) < 4.78 is 0. The van der Waals surface area contributed by atoms with Gasteiger partial charge in [0.15, 0.2) is 0 Å². The van der Waals surface area contributed by atoms with Crippen LogP contribution in [-0.4, -0.2) is 28.6 Å².